The molecule has 1 aliphatic rings. The average Bonchev–Trinajstić information content (AvgIpc) is 2.88. The van der Waals surface area contributed by atoms with Crippen LogP contribution in [0.2, 0.25) is 0 Å². The number of thioether (sulfide) groups is 1. The Bertz CT molecular complexity index is 383. The lowest BCUT2D eigenvalue weighted by Gasteiger charge is -2.31. The molecule has 0 unspecified atom stereocenters. The van der Waals surface area contributed by atoms with Crippen molar-refractivity contribution in [1.29, 1.82) is 0 Å². The number of ether oxygens (including phenoxy) is 1. The summed E-state index contributed by atoms with van der Waals surface area (Å²) in [5, 5.41) is 4.09. The summed E-state index contributed by atoms with van der Waals surface area (Å²) in [7, 11) is 0. The van der Waals surface area contributed by atoms with E-state index in [-0.39, 0.29) is 6.10 Å². The predicted octanol–water partition coefficient (Wildman–Crippen LogP) is 3.57. The predicted molar refractivity (Wildman–Crippen MR) is 84.0 cm³/mol. The monoisotopic (exact) mass is 300 g/mol. The SMILES string of the molecule is CCO[C@H](C)c1nc(CN2CCS[C@@H](CC)C2)cs1. The van der Waals surface area contributed by atoms with Gasteiger partial charge in [-0.1, -0.05) is 6.92 Å². The molecule has 19 heavy (non-hydrogen) atoms. The molecule has 0 aromatic carbocycles. The van der Waals surface area contributed by atoms with Gasteiger partial charge < -0.3 is 4.74 Å². The Hall–Kier alpha value is -0.100. The van der Waals surface area contributed by atoms with Crippen LogP contribution in [0.15, 0.2) is 5.38 Å². The third-order valence-electron chi connectivity index (χ3n) is 3.40. The number of aromatic nitrogens is 1. The third kappa shape index (κ3) is 4.45. The standard InChI is InChI=1S/C14H24N2OS2/c1-4-13-9-16(6-7-18-13)8-12-10-19-14(15-12)11(3)17-5-2/h10-11,13H,4-9H2,1-3H3/t11-,13+/m1/s1. The molecule has 1 fully saturated rings. The van der Waals surface area contributed by atoms with Gasteiger partial charge in [-0.3, -0.25) is 4.90 Å². The van der Waals surface area contributed by atoms with Crippen molar-refractivity contribution in [3.05, 3.63) is 16.1 Å². The molecule has 3 nitrogen and oxygen atoms in total. The highest BCUT2D eigenvalue weighted by molar-refractivity contribution is 8.00. The van der Waals surface area contributed by atoms with Crippen molar-refractivity contribution < 1.29 is 4.74 Å². The van der Waals surface area contributed by atoms with Crippen LogP contribution in [0.1, 0.15) is 44.0 Å². The number of thiazole rings is 1. The Kier molecular flexibility index (Phi) is 6.13. The van der Waals surface area contributed by atoms with E-state index in [4.69, 9.17) is 9.72 Å². The topological polar surface area (TPSA) is 25.4 Å². The van der Waals surface area contributed by atoms with E-state index in [2.05, 4.69) is 35.9 Å². The van der Waals surface area contributed by atoms with E-state index in [1.165, 1.54) is 31.0 Å². The molecule has 5 heteroatoms. The Labute approximate surface area is 124 Å². The van der Waals surface area contributed by atoms with Gasteiger partial charge in [0.05, 0.1) is 5.69 Å². The molecular weight excluding hydrogens is 276 g/mol. The molecule has 0 radical (unpaired) electrons. The molecule has 0 spiro atoms. The fourth-order valence-electron chi connectivity index (χ4n) is 2.30. The quantitative estimate of drug-likeness (QED) is 0.802. The molecule has 0 aliphatic carbocycles. The van der Waals surface area contributed by atoms with Gasteiger partial charge in [-0.2, -0.15) is 11.8 Å². The summed E-state index contributed by atoms with van der Waals surface area (Å²) in [5.74, 6) is 1.25. The van der Waals surface area contributed by atoms with Gasteiger partial charge in [0.2, 0.25) is 0 Å². The van der Waals surface area contributed by atoms with Crippen LogP contribution in [0.5, 0.6) is 0 Å². The van der Waals surface area contributed by atoms with E-state index in [0.29, 0.717) is 0 Å². The summed E-state index contributed by atoms with van der Waals surface area (Å²) in [6, 6.07) is 0. The third-order valence-corrected chi connectivity index (χ3v) is 5.82. The van der Waals surface area contributed by atoms with Gasteiger partial charge in [-0.25, -0.2) is 4.98 Å². The summed E-state index contributed by atoms with van der Waals surface area (Å²) in [6.07, 6.45) is 1.40. The molecule has 0 amide bonds. The first-order valence-corrected chi connectivity index (χ1v) is 9.05. The van der Waals surface area contributed by atoms with E-state index in [1.54, 1.807) is 11.3 Å². The van der Waals surface area contributed by atoms with Gasteiger partial charge in [0.1, 0.15) is 11.1 Å². The van der Waals surface area contributed by atoms with Crippen molar-refractivity contribution in [2.45, 2.75) is 45.1 Å². The van der Waals surface area contributed by atoms with Crippen molar-refractivity contribution in [2.24, 2.45) is 0 Å². The minimum absolute atomic E-state index is 0.129. The molecule has 1 aromatic heterocycles. The minimum atomic E-state index is 0.129. The molecule has 0 N–H and O–H groups in total. The number of nitrogens with zero attached hydrogens (tertiary/aromatic N) is 2. The van der Waals surface area contributed by atoms with Crippen molar-refractivity contribution in [1.82, 2.24) is 9.88 Å². The maximum atomic E-state index is 5.60. The molecule has 2 heterocycles. The van der Waals surface area contributed by atoms with Crippen molar-refractivity contribution in [3.8, 4) is 0 Å². The zero-order valence-electron chi connectivity index (χ0n) is 12.1. The molecule has 1 aromatic rings. The van der Waals surface area contributed by atoms with Crippen LogP contribution in [-0.2, 0) is 11.3 Å². The summed E-state index contributed by atoms with van der Waals surface area (Å²) in [5.41, 5.74) is 1.20. The first-order valence-electron chi connectivity index (χ1n) is 7.12. The second-order valence-corrected chi connectivity index (χ2v) is 7.21. The molecule has 1 saturated heterocycles. The van der Waals surface area contributed by atoms with Crippen LogP contribution in [0.3, 0.4) is 0 Å². The number of rotatable bonds is 6. The van der Waals surface area contributed by atoms with Crippen LogP contribution in [0, 0.1) is 0 Å². The summed E-state index contributed by atoms with van der Waals surface area (Å²) in [4.78, 5) is 7.26. The van der Waals surface area contributed by atoms with Crippen LogP contribution < -0.4 is 0 Å². The van der Waals surface area contributed by atoms with Gasteiger partial charge in [0.15, 0.2) is 0 Å². The zero-order valence-corrected chi connectivity index (χ0v) is 13.7. The van der Waals surface area contributed by atoms with Gasteiger partial charge in [0, 0.05) is 42.6 Å². The normalized spacial score (nSPS) is 22.6. The fraction of sp³-hybridized carbons (Fsp3) is 0.786. The molecule has 1 aliphatic heterocycles. The lowest BCUT2D eigenvalue weighted by molar-refractivity contribution is 0.0760. The molecule has 0 bridgehead atoms. The Morgan fingerprint density at radius 1 is 1.53 bits per heavy atom. The number of hydrogen-bond donors (Lipinski definition) is 0. The van der Waals surface area contributed by atoms with Crippen molar-refractivity contribution in [3.63, 3.8) is 0 Å². The Balaban J connectivity index is 1.88. The molecule has 108 valence electrons. The highest BCUT2D eigenvalue weighted by Gasteiger charge is 2.20. The van der Waals surface area contributed by atoms with E-state index < -0.39 is 0 Å². The van der Waals surface area contributed by atoms with Gasteiger partial charge in [-0.05, 0) is 20.3 Å². The molecular formula is C14H24N2OS2. The van der Waals surface area contributed by atoms with E-state index in [9.17, 15) is 0 Å². The Morgan fingerprint density at radius 2 is 2.37 bits per heavy atom. The van der Waals surface area contributed by atoms with Crippen LogP contribution in [-0.4, -0.2) is 40.6 Å². The van der Waals surface area contributed by atoms with Gasteiger partial charge in [0.25, 0.3) is 0 Å². The van der Waals surface area contributed by atoms with Crippen LogP contribution in [0.4, 0.5) is 0 Å². The Morgan fingerprint density at radius 3 is 3.11 bits per heavy atom. The second-order valence-electron chi connectivity index (χ2n) is 4.91. The second kappa shape index (κ2) is 7.62. The highest BCUT2D eigenvalue weighted by Crippen LogP contribution is 2.25. The maximum Gasteiger partial charge on any atom is 0.122 e. The zero-order chi connectivity index (χ0) is 13.7. The lowest BCUT2D eigenvalue weighted by atomic mass is 10.3. The first kappa shape index (κ1) is 15.3. The molecule has 2 rings (SSSR count). The largest absolute Gasteiger partial charge is 0.372 e. The van der Waals surface area contributed by atoms with Crippen LogP contribution in [0.25, 0.3) is 0 Å². The van der Waals surface area contributed by atoms with Crippen molar-refractivity contribution in [2.75, 3.05) is 25.4 Å². The molecule has 2 atom stereocenters. The first-order chi connectivity index (χ1) is 9.22. The molecule has 0 saturated carbocycles. The van der Waals surface area contributed by atoms with E-state index in [1.807, 2.05) is 6.92 Å². The average molecular weight is 300 g/mol. The van der Waals surface area contributed by atoms with E-state index in [0.717, 1.165) is 23.4 Å². The number of hydrogen-bond acceptors (Lipinski definition) is 5. The van der Waals surface area contributed by atoms with Gasteiger partial charge in [-0.15, -0.1) is 11.3 Å². The maximum absolute atomic E-state index is 5.60. The minimum Gasteiger partial charge on any atom is -0.372 e. The van der Waals surface area contributed by atoms with Crippen molar-refractivity contribution >= 4 is 23.1 Å². The smallest absolute Gasteiger partial charge is 0.122 e. The fourth-order valence-corrected chi connectivity index (χ4v) is 4.37. The highest BCUT2D eigenvalue weighted by atomic mass is 32.2. The van der Waals surface area contributed by atoms with E-state index >= 15 is 0 Å². The van der Waals surface area contributed by atoms with Crippen LogP contribution >= 0.6 is 23.1 Å². The van der Waals surface area contributed by atoms with Gasteiger partial charge >= 0.3 is 0 Å². The summed E-state index contributed by atoms with van der Waals surface area (Å²) >= 11 is 3.84. The summed E-state index contributed by atoms with van der Waals surface area (Å²) < 4.78 is 5.60. The summed E-state index contributed by atoms with van der Waals surface area (Å²) in [6.45, 7) is 10.5. The lowest BCUT2D eigenvalue weighted by Crippen LogP contribution is -2.37.